The van der Waals surface area contributed by atoms with Crippen LogP contribution in [-0.2, 0) is 4.28 Å². The number of terminal acetylenes is 1. The van der Waals surface area contributed by atoms with E-state index in [0.717, 1.165) is 12.2 Å². The average molecular weight is 361 g/mol. The number of pyridine rings is 1. The van der Waals surface area contributed by atoms with E-state index in [2.05, 4.69) is 16.1 Å². The van der Waals surface area contributed by atoms with E-state index in [-0.39, 0.29) is 24.3 Å². The quantitative estimate of drug-likeness (QED) is 0.377. The summed E-state index contributed by atoms with van der Waals surface area (Å²) in [6.07, 6.45) is 6.96. The maximum Gasteiger partial charge on any atom is 0.245 e. The SMILES string of the molecule is C#Cc1ncccc1N(C)SON(O)c1noc(C)c1Cl.S. The van der Waals surface area contributed by atoms with Crippen LogP contribution in [0, 0.1) is 19.3 Å². The smallest absolute Gasteiger partial charge is 0.245 e. The maximum absolute atomic E-state index is 9.74. The van der Waals surface area contributed by atoms with Crippen LogP contribution in [0.1, 0.15) is 11.5 Å². The van der Waals surface area contributed by atoms with Gasteiger partial charge < -0.3 is 4.52 Å². The molecule has 2 aromatic heterocycles. The summed E-state index contributed by atoms with van der Waals surface area (Å²) in [5.74, 6) is 2.79. The van der Waals surface area contributed by atoms with E-state index in [9.17, 15) is 5.21 Å². The zero-order valence-electron chi connectivity index (χ0n) is 11.6. The third-order valence-corrected chi connectivity index (χ3v) is 3.50. The van der Waals surface area contributed by atoms with Gasteiger partial charge in [0, 0.05) is 13.2 Å². The second-order valence-corrected chi connectivity index (χ2v) is 5.04. The molecule has 0 spiro atoms. The van der Waals surface area contributed by atoms with Crippen LogP contribution in [0.4, 0.5) is 11.5 Å². The van der Waals surface area contributed by atoms with Gasteiger partial charge in [0.15, 0.2) is 5.76 Å². The molecule has 0 radical (unpaired) electrons. The maximum atomic E-state index is 9.74. The Morgan fingerprint density at radius 1 is 1.55 bits per heavy atom. The van der Waals surface area contributed by atoms with Gasteiger partial charge in [0.05, 0.1) is 5.69 Å². The first-order chi connectivity index (χ1) is 10.0. The van der Waals surface area contributed by atoms with E-state index in [4.69, 9.17) is 26.8 Å². The van der Waals surface area contributed by atoms with Crippen LogP contribution in [0.3, 0.4) is 0 Å². The zero-order chi connectivity index (χ0) is 15.4. The Hall–Kier alpha value is -1.57. The fourth-order valence-electron chi connectivity index (χ4n) is 1.39. The predicted molar refractivity (Wildman–Crippen MR) is 90.1 cm³/mol. The number of nitrogens with zero attached hydrogens (tertiary/aromatic N) is 4. The minimum absolute atomic E-state index is 0. The van der Waals surface area contributed by atoms with Gasteiger partial charge in [-0.2, -0.15) is 17.8 Å². The Morgan fingerprint density at radius 3 is 2.86 bits per heavy atom. The van der Waals surface area contributed by atoms with E-state index in [1.165, 1.54) is 0 Å². The molecular formula is C12H13ClN4O3S2. The molecule has 7 nitrogen and oxygen atoms in total. The van der Waals surface area contributed by atoms with Gasteiger partial charge in [0.25, 0.3) is 0 Å². The van der Waals surface area contributed by atoms with E-state index in [1.54, 1.807) is 36.6 Å². The molecule has 0 fully saturated rings. The van der Waals surface area contributed by atoms with Crippen LogP contribution < -0.4 is 9.53 Å². The van der Waals surface area contributed by atoms with Gasteiger partial charge in [0.1, 0.15) is 22.9 Å². The lowest BCUT2D eigenvalue weighted by Crippen LogP contribution is -2.20. The van der Waals surface area contributed by atoms with Crippen LogP contribution in [0.2, 0.25) is 5.02 Å². The summed E-state index contributed by atoms with van der Waals surface area (Å²) >= 11 is 6.70. The van der Waals surface area contributed by atoms with Crippen molar-refractivity contribution in [3.63, 3.8) is 0 Å². The number of aromatic nitrogens is 2. The van der Waals surface area contributed by atoms with Crippen molar-refractivity contribution in [3.8, 4) is 12.3 Å². The summed E-state index contributed by atoms with van der Waals surface area (Å²) in [6.45, 7) is 1.61. The minimum atomic E-state index is -0.0431. The van der Waals surface area contributed by atoms with E-state index in [1.807, 2.05) is 0 Å². The zero-order valence-corrected chi connectivity index (χ0v) is 14.2. The van der Waals surface area contributed by atoms with Crippen molar-refractivity contribution in [2.45, 2.75) is 6.92 Å². The lowest BCUT2D eigenvalue weighted by molar-refractivity contribution is 0.0655. The van der Waals surface area contributed by atoms with Crippen molar-refractivity contribution in [3.05, 3.63) is 34.8 Å². The molecule has 0 aliphatic heterocycles. The third-order valence-electron chi connectivity index (χ3n) is 2.43. The summed E-state index contributed by atoms with van der Waals surface area (Å²) in [5, 5.41) is 13.9. The molecule has 22 heavy (non-hydrogen) atoms. The topological polar surface area (TPSA) is 74.9 Å². The van der Waals surface area contributed by atoms with Gasteiger partial charge in [-0.05, 0) is 25.0 Å². The van der Waals surface area contributed by atoms with Gasteiger partial charge in [-0.15, -0.1) is 6.42 Å². The molecular weight excluding hydrogens is 348 g/mol. The molecule has 2 heterocycles. The fourth-order valence-corrected chi connectivity index (χ4v) is 1.99. The molecule has 10 heteroatoms. The molecule has 2 aromatic rings. The van der Waals surface area contributed by atoms with Gasteiger partial charge in [-0.25, -0.2) is 4.98 Å². The number of rotatable bonds is 5. The summed E-state index contributed by atoms with van der Waals surface area (Å²) in [4.78, 5) is 4.05. The molecule has 0 saturated heterocycles. The van der Waals surface area contributed by atoms with Crippen LogP contribution in [0.5, 0.6) is 0 Å². The second kappa shape index (κ2) is 8.17. The number of hydrogen-bond acceptors (Lipinski definition) is 8. The Balaban J connectivity index is 0.00000242. The molecule has 0 aliphatic carbocycles. The van der Waals surface area contributed by atoms with Crippen LogP contribution in [-0.4, -0.2) is 22.4 Å². The first kappa shape index (κ1) is 18.5. The molecule has 0 saturated carbocycles. The second-order valence-electron chi connectivity index (χ2n) is 3.81. The molecule has 118 valence electrons. The van der Waals surface area contributed by atoms with Crippen molar-refractivity contribution in [1.29, 1.82) is 0 Å². The highest BCUT2D eigenvalue weighted by Crippen LogP contribution is 2.30. The highest BCUT2D eigenvalue weighted by atomic mass is 35.5. The van der Waals surface area contributed by atoms with Gasteiger partial charge in [0.2, 0.25) is 5.82 Å². The van der Waals surface area contributed by atoms with Crippen molar-refractivity contribution >= 4 is 48.8 Å². The summed E-state index contributed by atoms with van der Waals surface area (Å²) in [5.41, 5.74) is 1.11. The lowest BCUT2D eigenvalue weighted by atomic mass is 10.3. The number of anilines is 2. The van der Waals surface area contributed by atoms with E-state index < -0.39 is 0 Å². The first-order valence-corrected chi connectivity index (χ1v) is 6.73. The molecule has 0 aromatic carbocycles. The van der Waals surface area contributed by atoms with Crippen LogP contribution in [0.25, 0.3) is 0 Å². The Kier molecular flexibility index (Phi) is 6.86. The Bertz CT molecular complexity index is 677. The van der Waals surface area contributed by atoms with Gasteiger partial charge in [-0.3, -0.25) is 9.51 Å². The number of halogens is 1. The number of hydrogen-bond donors (Lipinski definition) is 1. The fraction of sp³-hybridized carbons (Fsp3) is 0.167. The molecule has 2 rings (SSSR count). The monoisotopic (exact) mass is 360 g/mol. The first-order valence-electron chi connectivity index (χ1n) is 5.65. The highest BCUT2D eigenvalue weighted by Gasteiger charge is 2.19. The predicted octanol–water partition coefficient (Wildman–Crippen LogP) is 2.95. The minimum Gasteiger partial charge on any atom is -0.358 e. The molecule has 1 N–H and O–H groups in total. The molecule has 0 atom stereocenters. The van der Waals surface area contributed by atoms with Crippen molar-refractivity contribution in [2.75, 3.05) is 16.6 Å². The van der Waals surface area contributed by atoms with Crippen LogP contribution >= 0.6 is 37.3 Å². The molecule has 0 bridgehead atoms. The summed E-state index contributed by atoms with van der Waals surface area (Å²) in [7, 11) is 1.70. The van der Waals surface area contributed by atoms with E-state index >= 15 is 0 Å². The standard InChI is InChI=1S/C12H11ClN4O3S.H2S/c1-4-9-10(6-5-7-14-9)16(3)21-20-17(18)12-11(13)8(2)19-15-12;/h1,5-7,18H,2-3H3;1H2. The van der Waals surface area contributed by atoms with E-state index in [0.29, 0.717) is 22.4 Å². The van der Waals surface area contributed by atoms with Gasteiger partial charge >= 0.3 is 0 Å². The highest BCUT2D eigenvalue weighted by molar-refractivity contribution is 7.96. The molecule has 0 aliphatic rings. The van der Waals surface area contributed by atoms with Crippen molar-refractivity contribution in [2.24, 2.45) is 0 Å². The average Bonchev–Trinajstić information content (AvgIpc) is 2.84. The molecule has 0 unspecified atom stereocenters. The normalized spacial score (nSPS) is 9.77. The van der Waals surface area contributed by atoms with Crippen molar-refractivity contribution in [1.82, 2.24) is 10.1 Å². The number of aryl methyl sites for hydroxylation is 1. The summed E-state index contributed by atoms with van der Waals surface area (Å²) in [6, 6.07) is 3.51. The summed E-state index contributed by atoms with van der Waals surface area (Å²) < 4.78 is 11.5. The molecule has 0 amide bonds. The third kappa shape index (κ3) is 4.00. The lowest BCUT2D eigenvalue weighted by Gasteiger charge is -2.19. The largest absolute Gasteiger partial charge is 0.358 e. The Morgan fingerprint density at radius 2 is 2.27 bits per heavy atom. The Labute approximate surface area is 143 Å². The van der Waals surface area contributed by atoms with Crippen molar-refractivity contribution < 1.29 is 14.0 Å². The van der Waals surface area contributed by atoms with Gasteiger partial charge in [-0.1, -0.05) is 22.0 Å². The van der Waals surface area contributed by atoms with Crippen LogP contribution in [0.15, 0.2) is 22.9 Å².